The molecule has 0 aliphatic rings. The van der Waals surface area contributed by atoms with Gasteiger partial charge in [-0.3, -0.25) is 20.2 Å². The predicted molar refractivity (Wildman–Crippen MR) is 107 cm³/mol. The summed E-state index contributed by atoms with van der Waals surface area (Å²) in [6, 6.07) is 0. The van der Waals surface area contributed by atoms with E-state index in [1.54, 1.807) is 0 Å². The van der Waals surface area contributed by atoms with Gasteiger partial charge in [0.15, 0.2) is 0 Å². The Morgan fingerprint density at radius 2 is 1.15 bits per heavy atom. The van der Waals surface area contributed by atoms with E-state index in [4.69, 9.17) is 0 Å². The lowest BCUT2D eigenvalue weighted by Crippen LogP contribution is -2.46. The van der Waals surface area contributed by atoms with Gasteiger partial charge < -0.3 is 4.79 Å². The summed E-state index contributed by atoms with van der Waals surface area (Å²) in [5, 5.41) is 22.7. The summed E-state index contributed by atoms with van der Waals surface area (Å²) in [5.74, 6) is 0. The number of unbranched alkanes of at least 4 members (excludes halogenated alkanes) is 10. The van der Waals surface area contributed by atoms with E-state index in [9.17, 15) is 25.0 Å². The van der Waals surface area contributed by atoms with Crippen LogP contribution in [0.4, 0.5) is 0 Å². The highest BCUT2D eigenvalue weighted by Crippen LogP contribution is 2.27. The maximum absolute atomic E-state index is 11.3. The lowest BCUT2D eigenvalue weighted by Gasteiger charge is -2.17. The third-order valence-electron chi connectivity index (χ3n) is 4.92. The van der Waals surface area contributed by atoms with Crippen molar-refractivity contribution in [2.24, 2.45) is 0 Å². The second-order valence-electron chi connectivity index (χ2n) is 7.18. The van der Waals surface area contributed by atoms with Crippen LogP contribution in [0.1, 0.15) is 103 Å². The lowest BCUT2D eigenvalue weighted by atomic mass is 9.95. The molecule has 0 aromatic heterocycles. The molecule has 0 radical (unpaired) electrons. The van der Waals surface area contributed by atoms with Gasteiger partial charge in [-0.1, -0.05) is 51.2 Å². The minimum Gasteiger partial charge on any atom is -0.303 e. The molecule has 7 nitrogen and oxygen atoms in total. The molecule has 0 aromatic carbocycles. The van der Waals surface area contributed by atoms with Crippen LogP contribution in [0.2, 0.25) is 0 Å². The van der Waals surface area contributed by atoms with Crippen LogP contribution >= 0.6 is 0 Å². The van der Waals surface area contributed by atoms with E-state index in [1.165, 1.54) is 0 Å². The van der Waals surface area contributed by atoms with Crippen molar-refractivity contribution in [3.63, 3.8) is 0 Å². The molecule has 0 heterocycles. The van der Waals surface area contributed by atoms with Crippen LogP contribution in [-0.2, 0) is 4.79 Å². The molecule has 0 unspecified atom stereocenters. The van der Waals surface area contributed by atoms with Crippen LogP contribution in [0, 0.1) is 20.2 Å². The van der Waals surface area contributed by atoms with Crippen LogP contribution < -0.4 is 0 Å². The molecule has 0 rings (SSSR count). The molecule has 0 N–H and O–H groups in total. The first-order chi connectivity index (χ1) is 13.0. The fraction of sp³-hybridized carbons (Fsp3) is 0.850. The number of allylic oxidation sites excluding steroid dienone is 2. The van der Waals surface area contributed by atoms with E-state index < -0.39 is 15.5 Å². The van der Waals surface area contributed by atoms with E-state index in [-0.39, 0.29) is 12.8 Å². The van der Waals surface area contributed by atoms with Crippen LogP contribution in [-0.4, -0.2) is 21.8 Å². The van der Waals surface area contributed by atoms with Gasteiger partial charge in [0.05, 0.1) is 22.7 Å². The van der Waals surface area contributed by atoms with Crippen LogP contribution in [0.3, 0.4) is 0 Å². The Morgan fingerprint density at radius 3 is 1.59 bits per heavy atom. The molecule has 0 aliphatic carbocycles. The Hall–Kier alpha value is -1.79. The van der Waals surface area contributed by atoms with E-state index in [2.05, 4.69) is 12.2 Å². The molecule has 27 heavy (non-hydrogen) atoms. The van der Waals surface area contributed by atoms with Crippen molar-refractivity contribution < 1.29 is 14.6 Å². The number of hydrogen-bond acceptors (Lipinski definition) is 5. The van der Waals surface area contributed by atoms with Gasteiger partial charge in [-0.15, -0.1) is 0 Å². The first-order valence-electron chi connectivity index (χ1n) is 10.4. The minimum absolute atomic E-state index is 0.0151. The smallest absolute Gasteiger partial charge is 0.303 e. The number of nitro groups is 2. The third kappa shape index (κ3) is 11.5. The quantitative estimate of drug-likeness (QED) is 0.0692. The van der Waals surface area contributed by atoms with Gasteiger partial charge in [0.2, 0.25) is 0 Å². The van der Waals surface area contributed by atoms with E-state index >= 15 is 0 Å². The number of nitrogens with zero attached hydrogens (tertiary/aromatic N) is 2. The van der Waals surface area contributed by atoms with Gasteiger partial charge in [0.25, 0.3) is 0 Å². The Balaban J connectivity index is 3.96. The summed E-state index contributed by atoms with van der Waals surface area (Å²) in [6.07, 6.45) is 16.6. The van der Waals surface area contributed by atoms with Crippen LogP contribution in [0.15, 0.2) is 12.2 Å². The van der Waals surface area contributed by atoms with E-state index in [1.807, 2.05) is 6.92 Å². The van der Waals surface area contributed by atoms with Crippen molar-refractivity contribution in [2.75, 3.05) is 0 Å². The highest BCUT2D eigenvalue weighted by molar-refractivity contribution is 5.48. The third-order valence-corrected chi connectivity index (χ3v) is 4.92. The predicted octanol–water partition coefficient (Wildman–Crippen LogP) is 5.86. The first-order valence-corrected chi connectivity index (χ1v) is 10.4. The molecular formula is C20H36N2O5. The normalized spacial score (nSPS) is 11.7. The Labute approximate surface area is 162 Å². The van der Waals surface area contributed by atoms with Crippen molar-refractivity contribution in [3.05, 3.63) is 32.4 Å². The van der Waals surface area contributed by atoms with Gasteiger partial charge in [0.1, 0.15) is 6.29 Å². The standard InChI is InChI=1S/C20H36N2O5/c1-2-3-14-17-20(21(24)25,22(26)27)18-15-12-10-8-6-4-5-7-9-11-13-16-19-23/h4,6,19H,2-3,5,7-18H2,1H3. The number of aldehydes is 1. The molecule has 0 saturated carbocycles. The molecule has 7 heteroatoms. The summed E-state index contributed by atoms with van der Waals surface area (Å²) in [5.41, 5.74) is -2.01. The average molecular weight is 385 g/mol. The lowest BCUT2D eigenvalue weighted by molar-refractivity contribution is -0.799. The van der Waals surface area contributed by atoms with Gasteiger partial charge in [-0.2, -0.15) is 0 Å². The maximum atomic E-state index is 11.3. The van der Waals surface area contributed by atoms with Crippen molar-refractivity contribution in [3.8, 4) is 0 Å². The SMILES string of the molecule is CCCCCC(CCCCCC=CCCCCCCC=O)([N+](=O)[O-])[N+](=O)[O-]. The zero-order chi connectivity index (χ0) is 20.4. The van der Waals surface area contributed by atoms with Crippen molar-refractivity contribution in [2.45, 2.75) is 109 Å². The fourth-order valence-corrected chi connectivity index (χ4v) is 3.14. The molecule has 0 spiro atoms. The van der Waals surface area contributed by atoms with Crippen molar-refractivity contribution >= 4 is 6.29 Å². The van der Waals surface area contributed by atoms with E-state index in [0.717, 1.165) is 70.5 Å². The first kappa shape index (κ1) is 25.2. The molecule has 0 aliphatic heterocycles. The summed E-state index contributed by atoms with van der Waals surface area (Å²) in [7, 11) is 0. The molecule has 156 valence electrons. The minimum atomic E-state index is -2.01. The highest BCUT2D eigenvalue weighted by atomic mass is 16.7. The number of hydrogen-bond donors (Lipinski definition) is 0. The molecule has 0 bridgehead atoms. The van der Waals surface area contributed by atoms with E-state index in [0.29, 0.717) is 19.3 Å². The largest absolute Gasteiger partial charge is 0.458 e. The summed E-state index contributed by atoms with van der Waals surface area (Å²) < 4.78 is 0. The number of carbonyl (C=O) groups excluding carboxylic acids is 1. The topological polar surface area (TPSA) is 103 Å². The fourth-order valence-electron chi connectivity index (χ4n) is 3.14. The van der Waals surface area contributed by atoms with Gasteiger partial charge in [-0.05, 0) is 44.9 Å². The Morgan fingerprint density at radius 1 is 0.704 bits per heavy atom. The Bertz CT molecular complexity index is 438. The van der Waals surface area contributed by atoms with Crippen molar-refractivity contribution in [1.29, 1.82) is 0 Å². The summed E-state index contributed by atoms with van der Waals surface area (Å²) in [6.45, 7) is 1.97. The maximum Gasteiger partial charge on any atom is 0.458 e. The monoisotopic (exact) mass is 384 g/mol. The second kappa shape index (κ2) is 16.4. The van der Waals surface area contributed by atoms with Crippen LogP contribution in [0.5, 0.6) is 0 Å². The molecular weight excluding hydrogens is 348 g/mol. The summed E-state index contributed by atoms with van der Waals surface area (Å²) in [4.78, 5) is 31.5. The molecule has 0 fully saturated rings. The average Bonchev–Trinajstić information content (AvgIpc) is 2.63. The molecule has 0 amide bonds. The van der Waals surface area contributed by atoms with Crippen LogP contribution in [0.25, 0.3) is 0 Å². The number of rotatable bonds is 19. The molecule has 0 atom stereocenters. The van der Waals surface area contributed by atoms with Gasteiger partial charge in [-0.25, -0.2) is 0 Å². The van der Waals surface area contributed by atoms with Crippen molar-refractivity contribution in [1.82, 2.24) is 0 Å². The molecule has 0 aromatic rings. The van der Waals surface area contributed by atoms with Gasteiger partial charge in [0, 0.05) is 6.42 Å². The second-order valence-corrected chi connectivity index (χ2v) is 7.18. The molecule has 0 saturated heterocycles. The zero-order valence-electron chi connectivity index (χ0n) is 16.8. The Kier molecular flexibility index (Phi) is 15.3. The van der Waals surface area contributed by atoms with Gasteiger partial charge >= 0.3 is 5.66 Å². The highest BCUT2D eigenvalue weighted by Gasteiger charge is 2.54. The zero-order valence-corrected chi connectivity index (χ0v) is 16.8. The number of carbonyl (C=O) groups is 1. The summed E-state index contributed by atoms with van der Waals surface area (Å²) >= 11 is 0.